The quantitative estimate of drug-likeness (QED) is 0.350. The fourth-order valence-electron chi connectivity index (χ4n) is 2.97. The van der Waals surface area contributed by atoms with E-state index >= 15 is 0 Å². The Morgan fingerprint density at radius 1 is 0.571 bits per heavy atom. The lowest BCUT2D eigenvalue weighted by Gasteiger charge is -2.13. The third-order valence-corrected chi connectivity index (χ3v) is 4.49. The number of hydrogen-bond donors (Lipinski definition) is 2. The van der Waals surface area contributed by atoms with Crippen LogP contribution in [0.5, 0.6) is 0 Å². The molecule has 0 amide bonds. The van der Waals surface area contributed by atoms with Crippen molar-refractivity contribution in [1.82, 2.24) is 0 Å². The van der Waals surface area contributed by atoms with Crippen molar-refractivity contribution < 1.29 is 10.2 Å². The first kappa shape index (κ1) is 20.9. The summed E-state index contributed by atoms with van der Waals surface area (Å²) in [4.78, 5) is 0. The van der Waals surface area contributed by atoms with E-state index in [1.807, 2.05) is 0 Å². The van der Waals surface area contributed by atoms with Gasteiger partial charge in [0, 0.05) is 13.2 Å². The molecule has 0 aliphatic carbocycles. The number of hydrogen-bond acceptors (Lipinski definition) is 2. The largest absolute Gasteiger partial charge is 0.396 e. The fraction of sp³-hybridized carbons (Fsp3) is 1.00. The molecule has 0 radical (unpaired) electrons. The van der Waals surface area contributed by atoms with Crippen LogP contribution in [0.4, 0.5) is 0 Å². The van der Waals surface area contributed by atoms with Crippen molar-refractivity contribution in [3.63, 3.8) is 0 Å². The fourth-order valence-corrected chi connectivity index (χ4v) is 2.97. The van der Waals surface area contributed by atoms with Crippen LogP contribution in [-0.4, -0.2) is 23.4 Å². The summed E-state index contributed by atoms with van der Waals surface area (Å²) in [5.74, 6) is 0.540. The molecule has 128 valence electrons. The summed E-state index contributed by atoms with van der Waals surface area (Å²) >= 11 is 0. The second-order valence-corrected chi connectivity index (χ2v) is 6.59. The van der Waals surface area contributed by atoms with Gasteiger partial charge >= 0.3 is 0 Å². The molecular weight excluding hydrogens is 260 g/mol. The predicted octanol–water partition coefficient (Wildman–Crippen LogP) is 5.46. The lowest BCUT2D eigenvalue weighted by molar-refractivity contribution is 0.204. The first-order valence-electron chi connectivity index (χ1n) is 9.56. The molecule has 0 bridgehead atoms. The minimum atomic E-state index is 0.338. The molecule has 2 N–H and O–H groups in total. The number of rotatable bonds is 17. The molecule has 1 atom stereocenters. The standard InChI is InChI=1S/C19H40O2/c1-2-3-4-5-6-9-12-15-19(18-21)16-13-10-7-8-11-14-17-20/h19-21H,2-18H2,1H3. The van der Waals surface area contributed by atoms with E-state index in [1.54, 1.807) is 0 Å². The molecule has 0 spiro atoms. The predicted molar refractivity (Wildman–Crippen MR) is 92.6 cm³/mol. The van der Waals surface area contributed by atoms with Crippen molar-refractivity contribution in [2.24, 2.45) is 5.92 Å². The van der Waals surface area contributed by atoms with Gasteiger partial charge in [-0.3, -0.25) is 0 Å². The number of aliphatic hydroxyl groups is 2. The maximum absolute atomic E-state index is 9.44. The van der Waals surface area contributed by atoms with E-state index in [4.69, 9.17) is 5.11 Å². The molecule has 1 unspecified atom stereocenters. The first-order valence-corrected chi connectivity index (χ1v) is 9.56. The van der Waals surface area contributed by atoms with Gasteiger partial charge in [-0.2, -0.15) is 0 Å². The zero-order chi connectivity index (χ0) is 15.6. The third-order valence-electron chi connectivity index (χ3n) is 4.49. The van der Waals surface area contributed by atoms with Crippen molar-refractivity contribution in [2.45, 2.75) is 103 Å². The van der Waals surface area contributed by atoms with Crippen LogP contribution in [0.3, 0.4) is 0 Å². The Kier molecular flexibility index (Phi) is 17.9. The highest BCUT2D eigenvalue weighted by atomic mass is 16.3. The Labute approximate surface area is 133 Å². The van der Waals surface area contributed by atoms with E-state index in [9.17, 15) is 5.11 Å². The van der Waals surface area contributed by atoms with E-state index in [-0.39, 0.29) is 0 Å². The van der Waals surface area contributed by atoms with Gasteiger partial charge in [-0.05, 0) is 25.2 Å². The summed E-state index contributed by atoms with van der Waals surface area (Å²) in [6.07, 6.45) is 19.2. The minimum Gasteiger partial charge on any atom is -0.396 e. The van der Waals surface area contributed by atoms with Crippen LogP contribution in [0.2, 0.25) is 0 Å². The first-order chi connectivity index (χ1) is 10.3. The topological polar surface area (TPSA) is 40.5 Å². The van der Waals surface area contributed by atoms with Gasteiger partial charge in [0.15, 0.2) is 0 Å². The normalized spacial score (nSPS) is 12.7. The summed E-state index contributed by atoms with van der Waals surface area (Å²) in [6.45, 7) is 2.98. The van der Waals surface area contributed by atoms with Crippen LogP contribution in [0.1, 0.15) is 103 Å². The van der Waals surface area contributed by atoms with E-state index in [2.05, 4.69) is 6.92 Å². The van der Waals surface area contributed by atoms with Crippen LogP contribution in [0.15, 0.2) is 0 Å². The van der Waals surface area contributed by atoms with Crippen molar-refractivity contribution in [1.29, 1.82) is 0 Å². The number of unbranched alkanes of at least 4 members (excludes halogenated alkanes) is 11. The van der Waals surface area contributed by atoms with Gasteiger partial charge in [0.05, 0.1) is 0 Å². The van der Waals surface area contributed by atoms with Crippen LogP contribution >= 0.6 is 0 Å². The Balaban J connectivity index is 3.29. The third kappa shape index (κ3) is 16.1. The molecule has 0 saturated carbocycles. The van der Waals surface area contributed by atoms with Gasteiger partial charge in [0.25, 0.3) is 0 Å². The highest BCUT2D eigenvalue weighted by molar-refractivity contribution is 4.59. The van der Waals surface area contributed by atoms with E-state index in [1.165, 1.54) is 83.5 Å². The molecule has 2 nitrogen and oxygen atoms in total. The highest BCUT2D eigenvalue weighted by Crippen LogP contribution is 2.18. The van der Waals surface area contributed by atoms with E-state index in [0.29, 0.717) is 19.1 Å². The minimum absolute atomic E-state index is 0.338. The van der Waals surface area contributed by atoms with Gasteiger partial charge in [-0.25, -0.2) is 0 Å². The molecular formula is C19H40O2. The van der Waals surface area contributed by atoms with E-state index in [0.717, 1.165) is 12.8 Å². The van der Waals surface area contributed by atoms with Crippen molar-refractivity contribution in [3.05, 3.63) is 0 Å². The molecule has 2 heteroatoms. The average molecular weight is 301 g/mol. The maximum Gasteiger partial charge on any atom is 0.0459 e. The summed E-state index contributed by atoms with van der Waals surface area (Å²) in [5, 5.41) is 18.2. The van der Waals surface area contributed by atoms with Crippen LogP contribution in [0.25, 0.3) is 0 Å². The number of aliphatic hydroxyl groups excluding tert-OH is 2. The Morgan fingerprint density at radius 3 is 1.43 bits per heavy atom. The second kappa shape index (κ2) is 18.0. The van der Waals surface area contributed by atoms with Crippen LogP contribution in [-0.2, 0) is 0 Å². The molecule has 0 aromatic carbocycles. The van der Waals surface area contributed by atoms with Crippen molar-refractivity contribution in [3.8, 4) is 0 Å². The van der Waals surface area contributed by atoms with Gasteiger partial charge in [-0.15, -0.1) is 0 Å². The average Bonchev–Trinajstić information content (AvgIpc) is 2.51. The lowest BCUT2D eigenvalue weighted by atomic mass is 9.95. The van der Waals surface area contributed by atoms with Gasteiger partial charge in [0.1, 0.15) is 0 Å². The summed E-state index contributed by atoms with van der Waals surface area (Å²) in [5.41, 5.74) is 0. The molecule has 0 heterocycles. The summed E-state index contributed by atoms with van der Waals surface area (Å²) < 4.78 is 0. The molecule has 0 aliphatic heterocycles. The monoisotopic (exact) mass is 300 g/mol. The van der Waals surface area contributed by atoms with Gasteiger partial charge in [0.2, 0.25) is 0 Å². The highest BCUT2D eigenvalue weighted by Gasteiger charge is 2.06. The molecule has 21 heavy (non-hydrogen) atoms. The smallest absolute Gasteiger partial charge is 0.0459 e. The van der Waals surface area contributed by atoms with Gasteiger partial charge < -0.3 is 10.2 Å². The van der Waals surface area contributed by atoms with Crippen molar-refractivity contribution in [2.75, 3.05) is 13.2 Å². The Hall–Kier alpha value is -0.0800. The van der Waals surface area contributed by atoms with Crippen LogP contribution < -0.4 is 0 Å². The van der Waals surface area contributed by atoms with E-state index < -0.39 is 0 Å². The van der Waals surface area contributed by atoms with Crippen LogP contribution in [0, 0.1) is 5.92 Å². The molecule has 0 rings (SSSR count). The SMILES string of the molecule is CCCCCCCCCC(CO)CCCCCCCCO. The Bertz CT molecular complexity index is 164. The zero-order valence-electron chi connectivity index (χ0n) is 14.5. The molecule has 0 aliphatic rings. The Morgan fingerprint density at radius 2 is 1.00 bits per heavy atom. The second-order valence-electron chi connectivity index (χ2n) is 6.59. The van der Waals surface area contributed by atoms with Gasteiger partial charge in [-0.1, -0.05) is 84.0 Å². The lowest BCUT2D eigenvalue weighted by Crippen LogP contribution is -2.06. The zero-order valence-corrected chi connectivity index (χ0v) is 14.5. The molecule has 0 fully saturated rings. The molecule has 0 aromatic rings. The molecule has 0 saturated heterocycles. The summed E-state index contributed by atoms with van der Waals surface area (Å²) in [7, 11) is 0. The molecule has 0 aromatic heterocycles. The van der Waals surface area contributed by atoms with Crippen molar-refractivity contribution >= 4 is 0 Å². The maximum atomic E-state index is 9.44. The summed E-state index contributed by atoms with van der Waals surface area (Å²) in [6, 6.07) is 0.